The number of aryl methyl sites for hydroxylation is 1. The number of benzene rings is 2. The van der Waals surface area contributed by atoms with Gasteiger partial charge in [0.05, 0.1) is 5.69 Å². The van der Waals surface area contributed by atoms with Gasteiger partial charge in [0, 0.05) is 42.3 Å². The van der Waals surface area contributed by atoms with Crippen molar-refractivity contribution in [1.29, 1.82) is 0 Å². The summed E-state index contributed by atoms with van der Waals surface area (Å²) in [5.74, 6) is -0.315. The number of hydrogen-bond acceptors (Lipinski definition) is 2. The number of carbonyl (C=O) groups excluding carboxylic acids is 1. The molecule has 110 valence electrons. The minimum Gasteiger partial charge on any atom is -0.372 e. The number of anilines is 1. The third-order valence-corrected chi connectivity index (χ3v) is 4.56. The molecule has 1 aliphatic rings. The first kappa shape index (κ1) is 13.1. The highest BCUT2D eigenvalue weighted by molar-refractivity contribution is 6.10. The van der Waals surface area contributed by atoms with Crippen molar-refractivity contribution in [3.05, 3.63) is 65.9 Å². The van der Waals surface area contributed by atoms with Gasteiger partial charge in [0.15, 0.2) is 5.60 Å². The molecule has 1 aliphatic heterocycles. The maximum Gasteiger partial charge on any atom is 0.268 e. The van der Waals surface area contributed by atoms with Crippen LogP contribution in [0.3, 0.4) is 0 Å². The Morgan fingerprint density at radius 2 is 1.64 bits per heavy atom. The van der Waals surface area contributed by atoms with E-state index in [1.54, 1.807) is 7.05 Å². The van der Waals surface area contributed by atoms with Gasteiger partial charge in [-0.2, -0.15) is 0 Å². The minimum absolute atomic E-state index is 0.315. The Bertz CT molecular complexity index is 912. The van der Waals surface area contributed by atoms with E-state index in [-0.39, 0.29) is 5.91 Å². The molecule has 1 atom stereocenters. The Morgan fingerprint density at radius 1 is 0.955 bits per heavy atom. The van der Waals surface area contributed by atoms with Gasteiger partial charge in [-0.3, -0.25) is 4.79 Å². The van der Waals surface area contributed by atoms with Crippen LogP contribution >= 0.6 is 0 Å². The molecule has 0 saturated carbocycles. The molecule has 22 heavy (non-hydrogen) atoms. The number of likely N-dealkylation sites (N-methyl/N-ethyl adjacent to an activating group) is 1. The van der Waals surface area contributed by atoms with Crippen LogP contribution in [0.1, 0.15) is 11.1 Å². The Morgan fingerprint density at radius 3 is 2.45 bits per heavy atom. The fourth-order valence-electron chi connectivity index (χ4n) is 3.43. The zero-order valence-corrected chi connectivity index (χ0v) is 12.4. The summed E-state index contributed by atoms with van der Waals surface area (Å²) in [5, 5.41) is 12.3. The van der Waals surface area contributed by atoms with E-state index < -0.39 is 5.60 Å². The van der Waals surface area contributed by atoms with E-state index in [1.807, 2.05) is 66.3 Å². The van der Waals surface area contributed by atoms with Crippen LogP contribution in [-0.4, -0.2) is 22.6 Å². The van der Waals surface area contributed by atoms with Crippen molar-refractivity contribution in [2.24, 2.45) is 7.05 Å². The highest BCUT2D eigenvalue weighted by Crippen LogP contribution is 2.45. The largest absolute Gasteiger partial charge is 0.372 e. The summed E-state index contributed by atoms with van der Waals surface area (Å²) in [4.78, 5) is 14.3. The molecule has 2 aromatic carbocycles. The van der Waals surface area contributed by atoms with Crippen molar-refractivity contribution in [3.8, 4) is 0 Å². The van der Waals surface area contributed by atoms with Crippen molar-refractivity contribution in [2.75, 3.05) is 11.9 Å². The first-order valence-electron chi connectivity index (χ1n) is 7.19. The van der Waals surface area contributed by atoms with Crippen LogP contribution in [0.5, 0.6) is 0 Å². The average Bonchev–Trinajstić information content (AvgIpc) is 2.99. The molecule has 0 unspecified atom stereocenters. The van der Waals surface area contributed by atoms with Crippen LogP contribution in [0.4, 0.5) is 5.69 Å². The van der Waals surface area contributed by atoms with Crippen LogP contribution in [0.15, 0.2) is 54.7 Å². The van der Waals surface area contributed by atoms with Gasteiger partial charge in [-0.05, 0) is 12.1 Å². The van der Waals surface area contributed by atoms with E-state index in [1.165, 1.54) is 4.90 Å². The number of nitrogens with zero attached hydrogens (tertiary/aromatic N) is 2. The minimum atomic E-state index is -1.63. The summed E-state index contributed by atoms with van der Waals surface area (Å²) in [5.41, 5.74) is 1.38. The summed E-state index contributed by atoms with van der Waals surface area (Å²) in [6.45, 7) is 0. The molecule has 1 N–H and O–H groups in total. The number of para-hydroxylation sites is 2. The average molecular weight is 292 g/mol. The third-order valence-electron chi connectivity index (χ3n) is 4.56. The molecule has 0 saturated heterocycles. The highest BCUT2D eigenvalue weighted by Gasteiger charge is 2.50. The van der Waals surface area contributed by atoms with E-state index in [2.05, 4.69) is 0 Å². The lowest BCUT2D eigenvalue weighted by atomic mass is 9.87. The summed E-state index contributed by atoms with van der Waals surface area (Å²) in [6.07, 6.45) is 1.85. The number of aliphatic hydroxyl groups is 1. The lowest BCUT2D eigenvalue weighted by Gasteiger charge is -2.21. The number of rotatable bonds is 1. The topological polar surface area (TPSA) is 45.5 Å². The molecule has 4 rings (SSSR count). The standard InChI is InChI=1S/C18H16N2O2/c1-19-11-14(12-7-3-5-9-15(12)19)18(22)13-8-4-6-10-16(13)20(2)17(18)21/h3-11,22H,1-2H3/t18-/m1/s1. The number of aromatic nitrogens is 1. The molecule has 0 aliphatic carbocycles. The molecule has 0 bridgehead atoms. The zero-order valence-electron chi connectivity index (χ0n) is 12.4. The molecular weight excluding hydrogens is 276 g/mol. The first-order valence-corrected chi connectivity index (χ1v) is 7.19. The molecule has 0 fully saturated rings. The van der Waals surface area contributed by atoms with Gasteiger partial charge in [0.25, 0.3) is 5.91 Å². The second kappa shape index (κ2) is 4.21. The van der Waals surface area contributed by atoms with Crippen LogP contribution in [0.25, 0.3) is 10.9 Å². The van der Waals surface area contributed by atoms with Crippen molar-refractivity contribution >= 4 is 22.5 Å². The van der Waals surface area contributed by atoms with Gasteiger partial charge in [-0.1, -0.05) is 36.4 Å². The van der Waals surface area contributed by atoms with Crippen molar-refractivity contribution in [2.45, 2.75) is 5.60 Å². The smallest absolute Gasteiger partial charge is 0.268 e. The normalized spacial score (nSPS) is 20.7. The fraction of sp³-hybridized carbons (Fsp3) is 0.167. The SMILES string of the molecule is CN1C(=O)[C@](O)(c2cn(C)c3ccccc23)c2ccccc21. The van der Waals surface area contributed by atoms with Crippen molar-refractivity contribution < 1.29 is 9.90 Å². The van der Waals surface area contributed by atoms with E-state index in [0.717, 1.165) is 16.6 Å². The molecule has 1 amide bonds. The fourth-order valence-corrected chi connectivity index (χ4v) is 3.43. The predicted octanol–water partition coefficient (Wildman–Crippen LogP) is 2.39. The molecule has 0 radical (unpaired) electrons. The molecular formula is C18H16N2O2. The Kier molecular flexibility index (Phi) is 2.51. The summed E-state index contributed by atoms with van der Waals surface area (Å²) >= 11 is 0. The van der Waals surface area contributed by atoms with Crippen LogP contribution in [-0.2, 0) is 17.4 Å². The van der Waals surface area contributed by atoms with Crippen LogP contribution < -0.4 is 4.90 Å². The number of hydrogen-bond donors (Lipinski definition) is 1. The van der Waals surface area contributed by atoms with E-state index >= 15 is 0 Å². The third kappa shape index (κ3) is 1.42. The molecule has 1 aromatic heterocycles. The van der Waals surface area contributed by atoms with Gasteiger partial charge in [0.2, 0.25) is 0 Å². The first-order chi connectivity index (χ1) is 10.5. The Labute approximate surface area is 128 Å². The molecule has 0 spiro atoms. The monoisotopic (exact) mass is 292 g/mol. The van der Waals surface area contributed by atoms with Gasteiger partial charge in [-0.25, -0.2) is 0 Å². The second-order valence-electron chi connectivity index (χ2n) is 5.76. The summed E-state index contributed by atoms with van der Waals surface area (Å²) in [6, 6.07) is 15.2. The van der Waals surface area contributed by atoms with Crippen molar-refractivity contribution in [3.63, 3.8) is 0 Å². The van der Waals surface area contributed by atoms with Gasteiger partial charge in [0.1, 0.15) is 0 Å². The number of carbonyl (C=O) groups is 1. The molecule has 4 heteroatoms. The van der Waals surface area contributed by atoms with Gasteiger partial charge < -0.3 is 14.6 Å². The van der Waals surface area contributed by atoms with Gasteiger partial charge in [-0.15, -0.1) is 0 Å². The zero-order chi connectivity index (χ0) is 15.5. The molecule has 3 aromatic rings. The Hall–Kier alpha value is -2.59. The molecule has 2 heterocycles. The number of fused-ring (bicyclic) bond motifs is 2. The van der Waals surface area contributed by atoms with Crippen LogP contribution in [0.2, 0.25) is 0 Å². The molecule has 4 nitrogen and oxygen atoms in total. The predicted molar refractivity (Wildman–Crippen MR) is 85.8 cm³/mol. The number of amides is 1. The van der Waals surface area contributed by atoms with E-state index in [4.69, 9.17) is 0 Å². The van der Waals surface area contributed by atoms with Crippen LogP contribution in [0, 0.1) is 0 Å². The van der Waals surface area contributed by atoms with Gasteiger partial charge >= 0.3 is 0 Å². The Balaban J connectivity index is 2.08. The van der Waals surface area contributed by atoms with E-state index in [9.17, 15) is 9.90 Å². The maximum atomic E-state index is 12.8. The highest BCUT2D eigenvalue weighted by atomic mass is 16.3. The second-order valence-corrected chi connectivity index (χ2v) is 5.76. The lowest BCUT2D eigenvalue weighted by Crippen LogP contribution is -2.39. The quantitative estimate of drug-likeness (QED) is 0.748. The lowest BCUT2D eigenvalue weighted by molar-refractivity contribution is -0.131. The van der Waals surface area contributed by atoms with E-state index in [0.29, 0.717) is 11.1 Å². The summed E-state index contributed by atoms with van der Waals surface area (Å²) < 4.78 is 1.94. The van der Waals surface area contributed by atoms with Crippen molar-refractivity contribution in [1.82, 2.24) is 4.57 Å². The maximum absolute atomic E-state index is 12.8. The summed E-state index contributed by atoms with van der Waals surface area (Å²) in [7, 11) is 3.62.